The van der Waals surface area contributed by atoms with Crippen LogP contribution in [0.4, 0.5) is 5.69 Å². The average Bonchev–Trinajstić information content (AvgIpc) is 2.86. The van der Waals surface area contributed by atoms with E-state index >= 15 is 0 Å². The van der Waals surface area contributed by atoms with Gasteiger partial charge in [0.2, 0.25) is 0 Å². The molecule has 0 saturated carbocycles. The molecule has 5 nitrogen and oxygen atoms in total. The number of aliphatic hydroxyl groups is 1. The van der Waals surface area contributed by atoms with Crippen LogP contribution in [0.3, 0.4) is 0 Å². The van der Waals surface area contributed by atoms with E-state index in [1.54, 1.807) is 17.8 Å². The van der Waals surface area contributed by atoms with E-state index in [2.05, 4.69) is 36.4 Å². The summed E-state index contributed by atoms with van der Waals surface area (Å²) in [6.45, 7) is 7.21. The predicted octanol–water partition coefficient (Wildman–Crippen LogP) is 3.77. The lowest BCUT2D eigenvalue weighted by Crippen LogP contribution is -2.28. The van der Waals surface area contributed by atoms with Crippen LogP contribution in [0.15, 0.2) is 24.3 Å². The van der Waals surface area contributed by atoms with Crippen LogP contribution in [0.2, 0.25) is 0 Å². The van der Waals surface area contributed by atoms with Gasteiger partial charge in [0.05, 0.1) is 5.69 Å². The molecule has 2 N–H and O–H groups in total. The molecule has 1 aliphatic rings. The third-order valence-electron chi connectivity index (χ3n) is 4.70. The van der Waals surface area contributed by atoms with Crippen molar-refractivity contribution < 1.29 is 5.11 Å². The summed E-state index contributed by atoms with van der Waals surface area (Å²) in [6, 6.07) is 9.82. The minimum Gasteiger partial charge on any atom is -0.504 e. The monoisotopic (exact) mass is 322 g/mol. The first-order valence-corrected chi connectivity index (χ1v) is 8.06. The van der Waals surface area contributed by atoms with Crippen LogP contribution in [0.25, 0.3) is 11.3 Å². The number of anilines is 1. The first-order chi connectivity index (χ1) is 11.3. The molecule has 0 atom stereocenters. The number of hydrogen-bond donors (Lipinski definition) is 2. The molecule has 0 unspecified atom stereocenters. The van der Waals surface area contributed by atoms with E-state index in [1.165, 1.54) is 5.56 Å². The lowest BCUT2D eigenvalue weighted by molar-refractivity contribution is 0.482. The molecule has 24 heavy (non-hydrogen) atoms. The molecule has 1 aliphatic heterocycles. The fourth-order valence-electron chi connectivity index (χ4n) is 3.30. The van der Waals surface area contributed by atoms with E-state index in [-0.39, 0.29) is 16.7 Å². The van der Waals surface area contributed by atoms with Gasteiger partial charge in [-0.1, -0.05) is 26.0 Å². The van der Waals surface area contributed by atoms with E-state index < -0.39 is 0 Å². The van der Waals surface area contributed by atoms with Gasteiger partial charge in [-0.2, -0.15) is 10.4 Å². The molecule has 0 aliphatic carbocycles. The molecule has 3 rings (SSSR count). The molecule has 0 saturated heterocycles. The smallest absolute Gasteiger partial charge is 0.159 e. The number of aromatic nitrogens is 2. The number of hydrogen-bond acceptors (Lipinski definition) is 4. The van der Waals surface area contributed by atoms with E-state index in [0.29, 0.717) is 11.3 Å². The summed E-state index contributed by atoms with van der Waals surface area (Å²) < 4.78 is 1.59. The van der Waals surface area contributed by atoms with Crippen LogP contribution in [0.5, 0.6) is 0 Å². The maximum Gasteiger partial charge on any atom is 0.159 e. The molecule has 1 aromatic carbocycles. The van der Waals surface area contributed by atoms with Crippen molar-refractivity contribution >= 4 is 17.0 Å². The maximum absolute atomic E-state index is 10.6. The summed E-state index contributed by atoms with van der Waals surface area (Å²) in [6.07, 6.45) is 1.07. The van der Waals surface area contributed by atoms with Gasteiger partial charge in [-0.25, -0.2) is 0 Å². The molecule has 0 bridgehead atoms. The summed E-state index contributed by atoms with van der Waals surface area (Å²) in [4.78, 5) is 0. The Kier molecular flexibility index (Phi) is 3.84. The molecule has 5 heteroatoms. The van der Waals surface area contributed by atoms with Gasteiger partial charge < -0.3 is 10.4 Å². The van der Waals surface area contributed by atoms with Crippen molar-refractivity contribution in [2.45, 2.75) is 32.6 Å². The van der Waals surface area contributed by atoms with E-state index in [9.17, 15) is 10.4 Å². The fraction of sp³-hybridized carbons (Fsp3) is 0.368. The Morgan fingerprint density at radius 1 is 1.38 bits per heavy atom. The molecule has 124 valence electrons. The summed E-state index contributed by atoms with van der Waals surface area (Å²) in [5, 5.41) is 27.8. The zero-order chi connectivity index (χ0) is 17.5. The predicted molar refractivity (Wildman–Crippen MR) is 95.6 cm³/mol. The number of allylic oxidation sites excluding steroid dienone is 1. The van der Waals surface area contributed by atoms with E-state index in [1.807, 2.05) is 19.1 Å². The number of nitriles is 1. The van der Waals surface area contributed by atoms with Gasteiger partial charge in [-0.05, 0) is 42.0 Å². The second kappa shape index (κ2) is 5.72. The van der Waals surface area contributed by atoms with Crippen molar-refractivity contribution in [3.05, 3.63) is 46.8 Å². The summed E-state index contributed by atoms with van der Waals surface area (Å²) in [5.74, 6) is -0.0457. The van der Waals surface area contributed by atoms with Crippen LogP contribution < -0.4 is 5.32 Å². The van der Waals surface area contributed by atoms with Gasteiger partial charge in [-0.3, -0.25) is 4.68 Å². The van der Waals surface area contributed by atoms with Gasteiger partial charge in [0.25, 0.3) is 0 Å². The molecule has 0 radical (unpaired) electrons. The lowest BCUT2D eigenvalue weighted by atomic mass is 9.78. The molecule has 2 aromatic rings. The average molecular weight is 322 g/mol. The largest absolute Gasteiger partial charge is 0.504 e. The number of nitrogens with zero attached hydrogens (tertiary/aromatic N) is 3. The highest BCUT2D eigenvalue weighted by Gasteiger charge is 2.27. The van der Waals surface area contributed by atoms with Crippen molar-refractivity contribution in [3.63, 3.8) is 0 Å². The van der Waals surface area contributed by atoms with Crippen molar-refractivity contribution in [2.24, 2.45) is 7.05 Å². The van der Waals surface area contributed by atoms with Crippen LogP contribution in [-0.4, -0.2) is 21.4 Å². The Morgan fingerprint density at radius 3 is 2.75 bits per heavy atom. The third kappa shape index (κ3) is 2.65. The number of benzene rings is 1. The minimum absolute atomic E-state index is 0.0457. The third-order valence-corrected chi connectivity index (χ3v) is 4.70. The molecule has 2 heterocycles. The van der Waals surface area contributed by atoms with Crippen molar-refractivity contribution in [2.75, 3.05) is 11.9 Å². The van der Waals surface area contributed by atoms with E-state index in [0.717, 1.165) is 24.3 Å². The van der Waals surface area contributed by atoms with Crippen LogP contribution >= 0.6 is 0 Å². The van der Waals surface area contributed by atoms with E-state index in [4.69, 9.17) is 0 Å². The van der Waals surface area contributed by atoms with Crippen LogP contribution in [0, 0.1) is 18.3 Å². The Morgan fingerprint density at radius 2 is 2.12 bits per heavy atom. The van der Waals surface area contributed by atoms with Crippen LogP contribution in [-0.2, 0) is 12.5 Å². The van der Waals surface area contributed by atoms with Crippen molar-refractivity contribution in [1.82, 2.24) is 9.78 Å². The molecule has 0 spiro atoms. The highest BCUT2D eigenvalue weighted by Crippen LogP contribution is 2.38. The van der Waals surface area contributed by atoms with Gasteiger partial charge in [0, 0.05) is 19.3 Å². The first kappa shape index (κ1) is 16.1. The summed E-state index contributed by atoms with van der Waals surface area (Å²) in [7, 11) is 1.75. The molecule has 0 amide bonds. The zero-order valence-electron chi connectivity index (χ0n) is 14.5. The van der Waals surface area contributed by atoms with Crippen molar-refractivity contribution in [1.29, 1.82) is 5.26 Å². The standard InChI is InChI=1S/C19H22N4O/c1-12-9-17(23(4)22-12)18(24)14(11-20)13-5-6-15-16(10-13)21-8-7-19(15,2)3/h5-6,9-10,21,24H,7-8H2,1-4H3/b18-14-. The molecular weight excluding hydrogens is 300 g/mol. The number of rotatable bonds is 2. The number of aliphatic hydroxyl groups excluding tert-OH is 1. The Labute approximate surface area is 142 Å². The Balaban J connectivity index is 2.11. The van der Waals surface area contributed by atoms with Gasteiger partial charge in [0.1, 0.15) is 17.3 Å². The maximum atomic E-state index is 10.6. The minimum atomic E-state index is -0.0457. The second-order valence-electron chi connectivity index (χ2n) is 6.95. The molecular formula is C19H22N4O. The number of aryl methyl sites for hydroxylation is 2. The molecule has 0 fully saturated rings. The second-order valence-corrected chi connectivity index (χ2v) is 6.95. The van der Waals surface area contributed by atoms with Crippen molar-refractivity contribution in [3.8, 4) is 6.07 Å². The SMILES string of the molecule is Cc1cc(/C(O)=C(\C#N)c2ccc3c(c2)NCCC3(C)C)n(C)n1. The highest BCUT2D eigenvalue weighted by atomic mass is 16.3. The van der Waals surface area contributed by atoms with Gasteiger partial charge in [-0.15, -0.1) is 0 Å². The van der Waals surface area contributed by atoms with Gasteiger partial charge in [0.15, 0.2) is 5.76 Å². The van der Waals surface area contributed by atoms with Crippen LogP contribution in [0.1, 0.15) is 42.8 Å². The summed E-state index contributed by atoms with van der Waals surface area (Å²) >= 11 is 0. The molecule has 1 aromatic heterocycles. The Bertz CT molecular complexity index is 868. The number of fused-ring (bicyclic) bond motifs is 1. The quantitative estimate of drug-likeness (QED) is 0.652. The first-order valence-electron chi connectivity index (χ1n) is 8.06. The van der Waals surface area contributed by atoms with Gasteiger partial charge >= 0.3 is 0 Å². The topological polar surface area (TPSA) is 73.9 Å². The normalized spacial score (nSPS) is 16.6. The summed E-state index contributed by atoms with van der Waals surface area (Å²) in [5.41, 5.74) is 4.68. The Hall–Kier alpha value is -2.74. The zero-order valence-corrected chi connectivity index (χ0v) is 14.5. The number of nitrogens with one attached hydrogen (secondary N) is 1. The highest BCUT2D eigenvalue weighted by molar-refractivity contribution is 5.94. The fourth-order valence-corrected chi connectivity index (χ4v) is 3.30. The lowest BCUT2D eigenvalue weighted by Gasteiger charge is -2.33.